The molecule has 1 fully saturated rings. The van der Waals surface area contributed by atoms with Gasteiger partial charge in [-0.1, -0.05) is 23.7 Å². The molecule has 1 amide bonds. The molecule has 6 aromatic rings. The molecule has 11 nitrogen and oxygen atoms in total. The summed E-state index contributed by atoms with van der Waals surface area (Å²) in [6.45, 7) is 2.00. The number of nitrogens with zero attached hydrogens (tertiary/aromatic N) is 6. The normalized spacial score (nSPS) is 13.6. The number of halogens is 1. The maximum Gasteiger partial charge on any atom is 0.291 e. The van der Waals surface area contributed by atoms with E-state index in [2.05, 4.69) is 63.8 Å². The molecule has 3 aromatic heterocycles. The van der Waals surface area contributed by atoms with E-state index in [1.807, 2.05) is 12.1 Å². The van der Waals surface area contributed by atoms with E-state index in [9.17, 15) is 10.1 Å². The highest BCUT2D eigenvalue weighted by atomic mass is 35.5. The minimum atomic E-state index is -0.435. The van der Waals surface area contributed by atoms with Crippen molar-refractivity contribution in [3.63, 3.8) is 0 Å². The molecule has 2 N–H and O–H groups in total. The lowest BCUT2D eigenvalue weighted by Gasteiger charge is -2.36. The molecule has 0 aliphatic carbocycles. The number of ether oxygens (including phenoxy) is 1. The van der Waals surface area contributed by atoms with Crippen LogP contribution in [0.4, 0.5) is 22.9 Å². The molecule has 12 heteroatoms. The topological polar surface area (TPSA) is 124 Å². The molecule has 0 atom stereocenters. The highest BCUT2D eigenvalue weighted by Gasteiger charge is 2.22. The van der Waals surface area contributed by atoms with Crippen molar-refractivity contribution >= 4 is 57.0 Å². The van der Waals surface area contributed by atoms with Crippen LogP contribution in [0.15, 0.2) is 83.4 Å². The van der Waals surface area contributed by atoms with Gasteiger partial charge in [-0.05, 0) is 75.5 Å². The number of rotatable bonds is 8. The van der Waals surface area contributed by atoms with Crippen molar-refractivity contribution in [1.29, 1.82) is 5.26 Å². The van der Waals surface area contributed by atoms with Crippen molar-refractivity contribution in [3.05, 3.63) is 95.3 Å². The lowest BCUT2D eigenvalue weighted by atomic mass is 10.0. The number of carbonyl (C=O) groups excluding carboxylic acids is 1. The zero-order valence-electron chi connectivity index (χ0n) is 26.7. The maximum absolute atomic E-state index is 13.0. The Morgan fingerprint density at radius 3 is 2.69 bits per heavy atom. The molecule has 3 aromatic carbocycles. The zero-order chi connectivity index (χ0) is 33.4. The second-order valence-electron chi connectivity index (χ2n) is 12.0. The number of methoxy groups -OCH3 is 1. The highest BCUT2D eigenvalue weighted by Crippen LogP contribution is 2.33. The van der Waals surface area contributed by atoms with Gasteiger partial charge in [-0.15, -0.1) is 0 Å². The lowest BCUT2D eigenvalue weighted by molar-refractivity contribution is 0.0998. The van der Waals surface area contributed by atoms with Crippen molar-refractivity contribution < 1.29 is 13.9 Å². The number of piperidine rings is 1. The monoisotopic (exact) mass is 660 g/mol. The Morgan fingerprint density at radius 2 is 1.92 bits per heavy atom. The van der Waals surface area contributed by atoms with Crippen LogP contribution in [-0.2, 0) is 0 Å². The van der Waals surface area contributed by atoms with E-state index >= 15 is 0 Å². The van der Waals surface area contributed by atoms with Gasteiger partial charge in [-0.3, -0.25) is 4.79 Å². The predicted octanol–water partition coefficient (Wildman–Crippen LogP) is 7.20. The summed E-state index contributed by atoms with van der Waals surface area (Å²) >= 11 is 6.08. The first-order valence-corrected chi connectivity index (χ1v) is 15.9. The van der Waals surface area contributed by atoms with E-state index < -0.39 is 5.91 Å². The third-order valence-corrected chi connectivity index (χ3v) is 8.96. The molecule has 0 bridgehead atoms. The number of anilines is 4. The molecular weight excluding hydrogens is 628 g/mol. The fourth-order valence-electron chi connectivity index (χ4n) is 6.10. The van der Waals surface area contributed by atoms with E-state index in [-0.39, 0.29) is 5.76 Å². The van der Waals surface area contributed by atoms with Gasteiger partial charge in [0.15, 0.2) is 17.2 Å². The van der Waals surface area contributed by atoms with Gasteiger partial charge >= 0.3 is 0 Å². The third-order valence-electron chi connectivity index (χ3n) is 8.72. The molecule has 0 spiro atoms. The number of nitrogens with one attached hydrogen (secondary N) is 2. The fourth-order valence-corrected chi connectivity index (χ4v) is 6.28. The Bertz CT molecular complexity index is 2190. The van der Waals surface area contributed by atoms with Crippen LogP contribution in [0.25, 0.3) is 27.9 Å². The van der Waals surface area contributed by atoms with E-state index in [1.54, 1.807) is 47.0 Å². The molecule has 0 unspecified atom stereocenters. The van der Waals surface area contributed by atoms with Gasteiger partial charge in [-0.25, -0.2) is 4.98 Å². The smallest absolute Gasteiger partial charge is 0.291 e. The Balaban J connectivity index is 1.14. The van der Waals surface area contributed by atoms with E-state index in [1.165, 1.54) is 13.3 Å². The van der Waals surface area contributed by atoms with Crippen LogP contribution in [0.5, 0.6) is 5.75 Å². The van der Waals surface area contributed by atoms with E-state index in [4.69, 9.17) is 25.9 Å². The molecule has 4 heterocycles. The van der Waals surface area contributed by atoms with Crippen molar-refractivity contribution in [3.8, 4) is 23.1 Å². The fraction of sp³-hybridized carbons (Fsp3) is 0.222. The van der Waals surface area contributed by atoms with Gasteiger partial charge in [0.2, 0.25) is 0 Å². The predicted molar refractivity (Wildman–Crippen MR) is 188 cm³/mol. The standard InChI is InChI=1S/C36H33ClN8O3/c1-43(2)27-11-13-44(14-12-27)28-6-4-5-22(16-28)30-19-34-39-21-24(20-38)35(45(34)42-30)40-26-8-9-29(32(18-26)47-3)41-36(46)33-17-23-15-25(37)7-10-31(23)48-33/h4-10,15-19,21,27,40H,11-14H2,1-3H3,(H,41,46). The molecule has 7 rings (SSSR count). The van der Waals surface area contributed by atoms with Gasteiger partial charge in [0, 0.05) is 58.6 Å². The Morgan fingerprint density at radius 1 is 1.08 bits per heavy atom. The average Bonchev–Trinajstić information content (AvgIpc) is 3.74. The first-order chi connectivity index (χ1) is 23.3. The maximum atomic E-state index is 13.0. The number of carbonyl (C=O) groups is 1. The number of amides is 1. The number of nitriles is 1. The largest absolute Gasteiger partial charge is 0.494 e. The number of hydrogen-bond acceptors (Lipinski definition) is 9. The second-order valence-corrected chi connectivity index (χ2v) is 12.4. The molecule has 1 saturated heterocycles. The molecule has 1 aliphatic rings. The molecule has 0 saturated carbocycles. The van der Waals surface area contributed by atoms with Crippen LogP contribution in [0.2, 0.25) is 5.02 Å². The van der Waals surface area contributed by atoms with Gasteiger partial charge in [0.25, 0.3) is 5.91 Å². The second kappa shape index (κ2) is 12.9. The van der Waals surface area contributed by atoms with Crippen molar-refractivity contribution in [2.75, 3.05) is 49.8 Å². The van der Waals surface area contributed by atoms with Gasteiger partial charge in [0.05, 0.1) is 24.7 Å². The number of aromatic nitrogens is 3. The van der Waals surface area contributed by atoms with Crippen molar-refractivity contribution in [2.45, 2.75) is 18.9 Å². The molecule has 48 heavy (non-hydrogen) atoms. The zero-order valence-corrected chi connectivity index (χ0v) is 27.5. The van der Waals surface area contributed by atoms with Crippen LogP contribution in [0, 0.1) is 11.3 Å². The minimum Gasteiger partial charge on any atom is -0.494 e. The Labute approximate surface area is 282 Å². The summed E-state index contributed by atoms with van der Waals surface area (Å²) in [5, 5.41) is 22.3. The van der Waals surface area contributed by atoms with Gasteiger partial charge < -0.3 is 29.6 Å². The quantitative estimate of drug-likeness (QED) is 0.174. The van der Waals surface area contributed by atoms with Gasteiger partial charge in [0.1, 0.15) is 23.0 Å². The van der Waals surface area contributed by atoms with Crippen LogP contribution >= 0.6 is 11.6 Å². The van der Waals surface area contributed by atoms with Crippen LogP contribution < -0.4 is 20.3 Å². The summed E-state index contributed by atoms with van der Waals surface area (Å²) < 4.78 is 13.0. The third kappa shape index (κ3) is 6.11. The van der Waals surface area contributed by atoms with Crippen molar-refractivity contribution in [1.82, 2.24) is 19.5 Å². The van der Waals surface area contributed by atoms with E-state index in [0.717, 1.165) is 48.3 Å². The summed E-state index contributed by atoms with van der Waals surface area (Å²) in [6, 6.07) is 25.1. The number of benzene rings is 3. The summed E-state index contributed by atoms with van der Waals surface area (Å²) in [4.78, 5) is 22.3. The van der Waals surface area contributed by atoms with Gasteiger partial charge in [-0.2, -0.15) is 14.9 Å². The summed E-state index contributed by atoms with van der Waals surface area (Å²) in [6.07, 6.45) is 3.77. The number of hydrogen-bond donors (Lipinski definition) is 2. The lowest BCUT2D eigenvalue weighted by Crippen LogP contribution is -2.41. The summed E-state index contributed by atoms with van der Waals surface area (Å²) in [7, 11) is 5.81. The first-order valence-electron chi connectivity index (χ1n) is 15.6. The summed E-state index contributed by atoms with van der Waals surface area (Å²) in [5.41, 5.74) is 5.40. The molecule has 242 valence electrons. The molecule has 0 radical (unpaired) electrons. The number of fused-ring (bicyclic) bond motifs is 2. The Hall–Kier alpha value is -5.57. The molecule has 1 aliphatic heterocycles. The van der Waals surface area contributed by atoms with Crippen LogP contribution in [0.1, 0.15) is 29.0 Å². The highest BCUT2D eigenvalue weighted by molar-refractivity contribution is 6.31. The first kappa shape index (κ1) is 31.1. The Kier molecular flexibility index (Phi) is 8.35. The molecular formula is C36H33ClN8O3. The van der Waals surface area contributed by atoms with Crippen molar-refractivity contribution in [2.24, 2.45) is 0 Å². The van der Waals surface area contributed by atoms with E-state index in [0.29, 0.717) is 50.8 Å². The SMILES string of the molecule is COc1cc(Nc2c(C#N)cnc3cc(-c4cccc(N5CCC(N(C)C)CC5)c4)nn23)ccc1NC(=O)c1cc2cc(Cl)ccc2o1. The number of furan rings is 1. The van der Waals surface area contributed by atoms with Crippen LogP contribution in [-0.4, -0.2) is 65.7 Å². The minimum absolute atomic E-state index is 0.142. The average molecular weight is 661 g/mol. The summed E-state index contributed by atoms with van der Waals surface area (Å²) in [5.74, 6) is 0.567. The van der Waals surface area contributed by atoms with Crippen LogP contribution in [0.3, 0.4) is 0 Å².